The van der Waals surface area contributed by atoms with E-state index in [2.05, 4.69) is 15.6 Å². The molecule has 0 aliphatic rings. The summed E-state index contributed by atoms with van der Waals surface area (Å²) in [7, 11) is 0. The summed E-state index contributed by atoms with van der Waals surface area (Å²) in [5.41, 5.74) is 2.36. The lowest BCUT2D eigenvalue weighted by atomic mass is 10.2. The highest BCUT2D eigenvalue weighted by Crippen LogP contribution is 2.19. The van der Waals surface area contributed by atoms with Crippen molar-refractivity contribution in [1.82, 2.24) is 4.98 Å². The van der Waals surface area contributed by atoms with Crippen molar-refractivity contribution in [3.05, 3.63) is 60.3 Å². The molecule has 1 aromatic heterocycles. The smallest absolute Gasteiger partial charge is 0.341 e. The number of fused-ring (bicyclic) bond motifs is 1. The first kappa shape index (κ1) is 18.2. The highest BCUT2D eigenvalue weighted by molar-refractivity contribution is 6.05. The third-order valence-electron chi connectivity index (χ3n) is 3.94. The number of hydrogen-bond donors (Lipinski definition) is 3. The Hall–Kier alpha value is -3.61. The molecule has 7 heteroatoms. The van der Waals surface area contributed by atoms with Crippen molar-refractivity contribution in [2.24, 2.45) is 0 Å². The highest BCUT2D eigenvalue weighted by atomic mass is 16.5. The van der Waals surface area contributed by atoms with Gasteiger partial charge >= 0.3 is 5.97 Å². The maximum Gasteiger partial charge on any atom is 0.341 e. The van der Waals surface area contributed by atoms with Gasteiger partial charge < -0.3 is 20.4 Å². The number of H-pyrrole nitrogens is 1. The van der Waals surface area contributed by atoms with E-state index in [1.807, 2.05) is 24.3 Å². The van der Waals surface area contributed by atoms with Gasteiger partial charge in [-0.2, -0.15) is 0 Å². The summed E-state index contributed by atoms with van der Waals surface area (Å²) in [5.74, 6) is -1.20. The van der Waals surface area contributed by atoms with Crippen LogP contribution in [0.4, 0.5) is 11.4 Å². The lowest BCUT2D eigenvalue weighted by Gasteiger charge is -2.13. The molecule has 1 heterocycles. The van der Waals surface area contributed by atoms with E-state index in [-0.39, 0.29) is 5.91 Å². The Morgan fingerprint density at radius 2 is 1.59 bits per heavy atom. The number of rotatable bonds is 5. The molecule has 1 atom stereocenters. The van der Waals surface area contributed by atoms with E-state index in [9.17, 15) is 14.4 Å². The van der Waals surface area contributed by atoms with E-state index in [1.165, 1.54) is 13.8 Å². The summed E-state index contributed by atoms with van der Waals surface area (Å²) in [5, 5.41) is 6.05. The minimum absolute atomic E-state index is 0.176. The van der Waals surface area contributed by atoms with Crippen LogP contribution < -0.4 is 10.6 Å². The Labute approximate surface area is 155 Å². The molecule has 0 bridgehead atoms. The molecule has 3 N–H and O–H groups in total. The Bertz CT molecular complexity index is 992. The van der Waals surface area contributed by atoms with Gasteiger partial charge in [-0.3, -0.25) is 9.59 Å². The van der Waals surface area contributed by atoms with Gasteiger partial charge in [0, 0.05) is 35.4 Å². The van der Waals surface area contributed by atoms with Crippen molar-refractivity contribution in [1.29, 1.82) is 0 Å². The molecular weight excluding hydrogens is 346 g/mol. The predicted octanol–water partition coefficient (Wildman–Crippen LogP) is 3.31. The van der Waals surface area contributed by atoms with Crippen molar-refractivity contribution < 1.29 is 19.1 Å². The monoisotopic (exact) mass is 365 g/mol. The van der Waals surface area contributed by atoms with Gasteiger partial charge in [0.05, 0.1) is 5.56 Å². The van der Waals surface area contributed by atoms with E-state index in [1.54, 1.807) is 30.5 Å². The number of nitrogens with one attached hydrogen (secondary N) is 3. The number of aromatic nitrogens is 1. The minimum Gasteiger partial charge on any atom is -0.449 e. The lowest BCUT2D eigenvalue weighted by molar-refractivity contribution is -0.123. The molecule has 0 aliphatic heterocycles. The predicted molar refractivity (Wildman–Crippen MR) is 103 cm³/mol. The van der Waals surface area contributed by atoms with E-state index in [0.717, 1.165) is 10.9 Å². The molecule has 0 spiro atoms. The second-order valence-electron chi connectivity index (χ2n) is 6.04. The zero-order valence-corrected chi connectivity index (χ0v) is 14.9. The van der Waals surface area contributed by atoms with Gasteiger partial charge in [0.1, 0.15) is 0 Å². The van der Waals surface area contributed by atoms with Crippen LogP contribution in [0, 0.1) is 0 Å². The third-order valence-corrected chi connectivity index (χ3v) is 3.94. The van der Waals surface area contributed by atoms with Crippen molar-refractivity contribution in [3.8, 4) is 0 Å². The molecule has 138 valence electrons. The summed E-state index contributed by atoms with van der Waals surface area (Å²) >= 11 is 0. The third kappa shape index (κ3) is 4.33. The molecule has 3 rings (SSSR count). The van der Waals surface area contributed by atoms with Crippen LogP contribution in [-0.2, 0) is 14.3 Å². The molecule has 27 heavy (non-hydrogen) atoms. The Kier molecular flexibility index (Phi) is 5.21. The molecule has 0 saturated heterocycles. The van der Waals surface area contributed by atoms with E-state index < -0.39 is 18.0 Å². The van der Waals surface area contributed by atoms with Crippen LogP contribution in [0.15, 0.2) is 54.7 Å². The van der Waals surface area contributed by atoms with Gasteiger partial charge in [0.15, 0.2) is 6.10 Å². The Morgan fingerprint density at radius 3 is 2.26 bits per heavy atom. The van der Waals surface area contributed by atoms with Crippen LogP contribution in [0.2, 0.25) is 0 Å². The van der Waals surface area contributed by atoms with Crippen molar-refractivity contribution in [2.45, 2.75) is 20.0 Å². The van der Waals surface area contributed by atoms with E-state index >= 15 is 0 Å². The normalized spacial score (nSPS) is 11.6. The van der Waals surface area contributed by atoms with Gasteiger partial charge in [-0.15, -0.1) is 0 Å². The summed E-state index contributed by atoms with van der Waals surface area (Å²) < 4.78 is 5.29. The fourth-order valence-corrected chi connectivity index (χ4v) is 2.60. The number of para-hydroxylation sites is 1. The molecule has 0 saturated carbocycles. The number of benzene rings is 2. The summed E-state index contributed by atoms with van der Waals surface area (Å²) in [6.07, 6.45) is 0.597. The number of hydrogen-bond acceptors (Lipinski definition) is 4. The molecule has 2 aromatic carbocycles. The van der Waals surface area contributed by atoms with Gasteiger partial charge in [-0.25, -0.2) is 4.79 Å². The molecule has 0 radical (unpaired) electrons. The molecular formula is C20H19N3O4. The Balaban J connectivity index is 1.62. The fraction of sp³-hybridized carbons (Fsp3) is 0.150. The van der Waals surface area contributed by atoms with Crippen LogP contribution in [-0.4, -0.2) is 28.9 Å². The Morgan fingerprint density at radius 1 is 0.963 bits per heavy atom. The molecule has 2 amide bonds. The molecule has 0 aliphatic carbocycles. The van der Waals surface area contributed by atoms with Gasteiger partial charge in [0.25, 0.3) is 5.91 Å². The highest BCUT2D eigenvalue weighted by Gasteiger charge is 2.21. The average molecular weight is 365 g/mol. The first-order chi connectivity index (χ1) is 12.9. The number of anilines is 2. The number of ether oxygens (including phenoxy) is 1. The molecule has 3 aromatic rings. The van der Waals surface area contributed by atoms with Crippen LogP contribution in [0.25, 0.3) is 10.9 Å². The SMILES string of the molecule is CC(=O)Nc1ccc(NC(=O)[C@@H](C)OC(=O)c2c[nH]c3ccccc23)cc1. The molecule has 0 fully saturated rings. The second-order valence-corrected chi connectivity index (χ2v) is 6.04. The summed E-state index contributed by atoms with van der Waals surface area (Å²) in [6, 6.07) is 14.0. The first-order valence-corrected chi connectivity index (χ1v) is 8.39. The van der Waals surface area contributed by atoms with Crippen LogP contribution >= 0.6 is 0 Å². The van der Waals surface area contributed by atoms with E-state index in [0.29, 0.717) is 16.9 Å². The quantitative estimate of drug-likeness (QED) is 0.604. The van der Waals surface area contributed by atoms with Crippen LogP contribution in [0.1, 0.15) is 24.2 Å². The maximum atomic E-state index is 12.4. The molecule has 7 nitrogen and oxygen atoms in total. The standard InChI is InChI=1S/C20H19N3O4/c1-12(19(25)23-15-9-7-14(8-10-15)22-13(2)24)27-20(26)17-11-21-18-6-4-3-5-16(17)18/h3-12,21H,1-2H3,(H,22,24)(H,23,25)/t12-/m1/s1. The summed E-state index contributed by atoms with van der Waals surface area (Å²) in [6.45, 7) is 2.92. The van der Waals surface area contributed by atoms with Gasteiger partial charge in [0.2, 0.25) is 5.91 Å². The number of carbonyl (C=O) groups is 3. The molecule has 0 unspecified atom stereocenters. The number of carbonyl (C=O) groups excluding carboxylic acids is 3. The second kappa shape index (κ2) is 7.74. The fourth-order valence-electron chi connectivity index (χ4n) is 2.60. The van der Waals surface area contributed by atoms with Crippen molar-refractivity contribution in [2.75, 3.05) is 10.6 Å². The van der Waals surface area contributed by atoms with Crippen LogP contribution in [0.3, 0.4) is 0 Å². The number of amides is 2. The van der Waals surface area contributed by atoms with Crippen molar-refractivity contribution >= 4 is 40.1 Å². The number of aromatic amines is 1. The van der Waals surface area contributed by atoms with Gasteiger partial charge in [-0.05, 0) is 37.3 Å². The van der Waals surface area contributed by atoms with Crippen LogP contribution in [0.5, 0.6) is 0 Å². The van der Waals surface area contributed by atoms with Gasteiger partial charge in [-0.1, -0.05) is 18.2 Å². The zero-order valence-electron chi connectivity index (χ0n) is 14.9. The first-order valence-electron chi connectivity index (χ1n) is 8.39. The minimum atomic E-state index is -0.971. The largest absolute Gasteiger partial charge is 0.449 e. The van der Waals surface area contributed by atoms with Crippen molar-refractivity contribution in [3.63, 3.8) is 0 Å². The van der Waals surface area contributed by atoms with E-state index in [4.69, 9.17) is 4.74 Å². The maximum absolute atomic E-state index is 12.4. The lowest BCUT2D eigenvalue weighted by Crippen LogP contribution is -2.29. The number of esters is 1. The average Bonchev–Trinajstić information content (AvgIpc) is 3.07. The zero-order chi connectivity index (χ0) is 19.4. The summed E-state index contributed by atoms with van der Waals surface area (Å²) in [4.78, 5) is 38.7. The topological polar surface area (TPSA) is 100 Å².